The fourth-order valence-corrected chi connectivity index (χ4v) is 3.52. The van der Waals surface area contributed by atoms with Crippen molar-refractivity contribution in [2.45, 2.75) is 25.4 Å². The third kappa shape index (κ3) is 4.27. The molecule has 2 aromatic heterocycles. The molecule has 1 atom stereocenters. The van der Waals surface area contributed by atoms with E-state index in [9.17, 15) is 0 Å². The normalized spacial score (nSPS) is 12.0. The summed E-state index contributed by atoms with van der Waals surface area (Å²) in [4.78, 5) is 8.73. The highest BCUT2D eigenvalue weighted by Gasteiger charge is 2.10. The van der Waals surface area contributed by atoms with Crippen LogP contribution in [0.4, 0.5) is 0 Å². The highest BCUT2D eigenvalue weighted by molar-refractivity contribution is 6.32. The van der Waals surface area contributed by atoms with Crippen molar-refractivity contribution in [1.29, 1.82) is 5.26 Å². The Kier molecular flexibility index (Phi) is 5.52. The van der Waals surface area contributed by atoms with Crippen LogP contribution in [0.1, 0.15) is 17.7 Å². The van der Waals surface area contributed by atoms with E-state index in [-0.39, 0.29) is 6.04 Å². The first-order valence-electron chi connectivity index (χ1n) is 9.32. The largest absolute Gasteiger partial charge is 0.326 e. The van der Waals surface area contributed by atoms with E-state index in [2.05, 4.69) is 21.1 Å². The van der Waals surface area contributed by atoms with Gasteiger partial charge in [-0.05, 0) is 37.1 Å². The zero-order valence-corrected chi connectivity index (χ0v) is 16.4. The lowest BCUT2D eigenvalue weighted by Gasteiger charge is -2.12. The maximum Gasteiger partial charge on any atom is 0.116 e. The topological polar surface area (TPSA) is 93.4 Å². The molecule has 144 valence electrons. The van der Waals surface area contributed by atoms with Gasteiger partial charge in [-0.1, -0.05) is 35.9 Å². The molecule has 0 spiro atoms. The minimum absolute atomic E-state index is 0.0546. The van der Waals surface area contributed by atoms with Crippen molar-refractivity contribution in [2.75, 3.05) is 0 Å². The smallest absolute Gasteiger partial charge is 0.116 e. The van der Waals surface area contributed by atoms with Gasteiger partial charge in [0.15, 0.2) is 0 Å². The molecule has 2 heterocycles. The standard InChI is InChI=1S/C22H19ClN6/c23-19-11-15(5-6-16(19)12-24)20-9-10-29(28-20)13-17(25)7-8-22-18-3-1-2-4-21(18)26-14-27-22/h1-6,9-11,14,17H,7-8,13,25H2/t17-/m1/s1. The van der Waals surface area contributed by atoms with Crippen LogP contribution in [0.5, 0.6) is 0 Å². The summed E-state index contributed by atoms with van der Waals surface area (Å²) in [5, 5.41) is 15.1. The number of hydrogen-bond acceptors (Lipinski definition) is 5. The zero-order valence-electron chi connectivity index (χ0n) is 15.7. The van der Waals surface area contributed by atoms with Gasteiger partial charge in [-0.25, -0.2) is 9.97 Å². The van der Waals surface area contributed by atoms with Crippen LogP contribution in [0.25, 0.3) is 22.2 Å². The van der Waals surface area contributed by atoms with Crippen LogP contribution < -0.4 is 5.73 Å². The van der Waals surface area contributed by atoms with Crippen molar-refractivity contribution in [3.63, 3.8) is 0 Å². The van der Waals surface area contributed by atoms with Gasteiger partial charge in [-0.2, -0.15) is 10.4 Å². The molecule has 4 rings (SSSR count). The number of fused-ring (bicyclic) bond motifs is 1. The molecule has 0 saturated carbocycles. The number of aryl methyl sites for hydroxylation is 1. The summed E-state index contributed by atoms with van der Waals surface area (Å²) in [5.74, 6) is 0. The molecule has 4 aromatic rings. The molecule has 0 aliphatic carbocycles. The number of halogens is 1. The van der Waals surface area contributed by atoms with Gasteiger partial charge < -0.3 is 5.73 Å². The van der Waals surface area contributed by atoms with Crippen LogP contribution in [0.3, 0.4) is 0 Å². The Morgan fingerprint density at radius 3 is 2.83 bits per heavy atom. The first-order chi connectivity index (χ1) is 14.1. The molecule has 29 heavy (non-hydrogen) atoms. The summed E-state index contributed by atoms with van der Waals surface area (Å²) in [5.41, 5.74) is 10.4. The van der Waals surface area contributed by atoms with Crippen LogP contribution in [0, 0.1) is 11.3 Å². The van der Waals surface area contributed by atoms with Gasteiger partial charge in [-0.15, -0.1) is 0 Å². The second-order valence-corrected chi connectivity index (χ2v) is 7.27. The predicted molar refractivity (Wildman–Crippen MR) is 113 cm³/mol. The molecule has 6 nitrogen and oxygen atoms in total. The number of hydrogen-bond donors (Lipinski definition) is 1. The van der Waals surface area contributed by atoms with Crippen LogP contribution in [-0.2, 0) is 13.0 Å². The summed E-state index contributed by atoms with van der Waals surface area (Å²) in [6.07, 6.45) is 5.08. The lowest BCUT2D eigenvalue weighted by atomic mass is 10.1. The number of rotatable bonds is 6. The number of nitrogens with zero attached hydrogens (tertiary/aromatic N) is 5. The van der Waals surface area contributed by atoms with Gasteiger partial charge in [-0.3, -0.25) is 4.68 Å². The maximum absolute atomic E-state index is 9.00. The Labute approximate surface area is 173 Å². The highest BCUT2D eigenvalue weighted by atomic mass is 35.5. The van der Waals surface area contributed by atoms with Crippen molar-refractivity contribution >= 4 is 22.5 Å². The molecule has 7 heteroatoms. The van der Waals surface area contributed by atoms with Crippen LogP contribution in [-0.4, -0.2) is 25.8 Å². The van der Waals surface area contributed by atoms with Crippen molar-refractivity contribution in [3.05, 3.63) is 77.3 Å². The molecule has 0 aliphatic heterocycles. The highest BCUT2D eigenvalue weighted by Crippen LogP contribution is 2.24. The number of benzene rings is 2. The molecule has 0 saturated heterocycles. The summed E-state index contributed by atoms with van der Waals surface area (Å²) >= 11 is 6.12. The van der Waals surface area contributed by atoms with Crippen molar-refractivity contribution < 1.29 is 0 Å². The molecular weight excluding hydrogens is 384 g/mol. The predicted octanol–water partition coefficient (Wildman–Crippen LogP) is 3.98. The van der Waals surface area contributed by atoms with E-state index in [1.165, 1.54) is 0 Å². The minimum atomic E-state index is -0.0546. The van der Waals surface area contributed by atoms with Crippen LogP contribution in [0.2, 0.25) is 5.02 Å². The Hall–Kier alpha value is -3.27. The molecule has 0 aliphatic rings. The molecule has 2 aromatic carbocycles. The molecule has 0 unspecified atom stereocenters. The molecule has 0 amide bonds. The molecule has 2 N–H and O–H groups in total. The third-order valence-electron chi connectivity index (χ3n) is 4.82. The van der Waals surface area contributed by atoms with Crippen LogP contribution >= 0.6 is 11.6 Å². The first kappa shape index (κ1) is 19.1. The van der Waals surface area contributed by atoms with Gasteiger partial charge in [0.2, 0.25) is 0 Å². The Balaban J connectivity index is 1.41. The van der Waals surface area contributed by atoms with E-state index in [0.717, 1.165) is 40.7 Å². The summed E-state index contributed by atoms with van der Waals surface area (Å²) in [6, 6.07) is 17.2. The minimum Gasteiger partial charge on any atom is -0.326 e. The number of para-hydroxylation sites is 1. The summed E-state index contributed by atoms with van der Waals surface area (Å²) < 4.78 is 1.84. The van der Waals surface area contributed by atoms with E-state index in [1.54, 1.807) is 18.5 Å². The van der Waals surface area contributed by atoms with E-state index in [1.807, 2.05) is 47.3 Å². The molecule has 0 bridgehead atoms. The van der Waals surface area contributed by atoms with E-state index < -0.39 is 0 Å². The second kappa shape index (κ2) is 8.39. The monoisotopic (exact) mass is 402 g/mol. The molecule has 0 radical (unpaired) electrons. The second-order valence-electron chi connectivity index (χ2n) is 6.87. The summed E-state index contributed by atoms with van der Waals surface area (Å²) in [7, 11) is 0. The zero-order chi connectivity index (χ0) is 20.2. The number of nitrogens with two attached hydrogens (primary N) is 1. The van der Waals surface area contributed by atoms with E-state index in [4.69, 9.17) is 22.6 Å². The lowest BCUT2D eigenvalue weighted by molar-refractivity contribution is 0.485. The van der Waals surface area contributed by atoms with Crippen molar-refractivity contribution in [3.8, 4) is 17.3 Å². The Morgan fingerprint density at radius 2 is 2.00 bits per heavy atom. The van der Waals surface area contributed by atoms with E-state index >= 15 is 0 Å². The van der Waals surface area contributed by atoms with Gasteiger partial charge in [0.05, 0.1) is 34.0 Å². The lowest BCUT2D eigenvalue weighted by Crippen LogP contribution is -2.27. The quantitative estimate of drug-likeness (QED) is 0.526. The van der Waals surface area contributed by atoms with E-state index in [0.29, 0.717) is 17.1 Å². The summed E-state index contributed by atoms with van der Waals surface area (Å²) in [6.45, 7) is 0.604. The maximum atomic E-state index is 9.00. The SMILES string of the molecule is N#Cc1ccc(-c2ccn(C[C@H](N)CCc3ncnc4ccccc34)n2)cc1Cl. The fraction of sp³-hybridized carbons (Fsp3) is 0.182. The third-order valence-corrected chi connectivity index (χ3v) is 5.14. The number of aromatic nitrogens is 4. The average Bonchev–Trinajstić information content (AvgIpc) is 3.20. The van der Waals surface area contributed by atoms with Crippen molar-refractivity contribution in [2.24, 2.45) is 5.73 Å². The van der Waals surface area contributed by atoms with Gasteiger partial charge in [0.1, 0.15) is 12.4 Å². The van der Waals surface area contributed by atoms with Crippen molar-refractivity contribution in [1.82, 2.24) is 19.7 Å². The number of nitriles is 1. The average molecular weight is 403 g/mol. The van der Waals surface area contributed by atoms with Gasteiger partial charge in [0, 0.05) is 23.2 Å². The fourth-order valence-electron chi connectivity index (χ4n) is 3.30. The molecular formula is C22H19ClN6. The van der Waals surface area contributed by atoms with Crippen LogP contribution in [0.15, 0.2) is 61.1 Å². The van der Waals surface area contributed by atoms with Gasteiger partial charge in [0.25, 0.3) is 0 Å². The molecule has 0 fully saturated rings. The Morgan fingerprint density at radius 1 is 1.14 bits per heavy atom. The first-order valence-corrected chi connectivity index (χ1v) is 9.69. The Bertz CT molecular complexity index is 1190. The van der Waals surface area contributed by atoms with Gasteiger partial charge >= 0.3 is 0 Å².